The Morgan fingerprint density at radius 3 is 2.44 bits per heavy atom. The number of methoxy groups -OCH3 is 1. The molecular weight excluding hydrogens is 464 g/mol. The fourth-order valence-electron chi connectivity index (χ4n) is 4.66. The largest absolute Gasteiger partial charge is 0.486 e. The first-order chi connectivity index (χ1) is 17.5. The number of hydrogen-bond acceptors (Lipinski definition) is 8. The van der Waals surface area contributed by atoms with Crippen molar-refractivity contribution in [1.29, 1.82) is 0 Å². The Morgan fingerprint density at radius 1 is 0.917 bits per heavy atom. The minimum absolute atomic E-state index is 0.0692. The molecule has 36 heavy (non-hydrogen) atoms. The van der Waals surface area contributed by atoms with Gasteiger partial charge in [-0.3, -0.25) is 9.59 Å². The van der Waals surface area contributed by atoms with Gasteiger partial charge in [0.1, 0.15) is 24.7 Å². The average Bonchev–Trinajstić information content (AvgIpc) is 3.22. The summed E-state index contributed by atoms with van der Waals surface area (Å²) in [4.78, 5) is 37.4. The van der Waals surface area contributed by atoms with E-state index in [1.165, 1.54) is 7.11 Å². The number of hydrogen-bond donors (Lipinski definition) is 0. The summed E-state index contributed by atoms with van der Waals surface area (Å²) in [5.74, 6) is 0.627. The normalized spacial score (nSPS) is 18.7. The number of Topliss-reactive ketones (excluding diaryl/α,β-unsaturated/α-hetero) is 1. The van der Waals surface area contributed by atoms with Gasteiger partial charge in [-0.15, -0.1) is 0 Å². The Balaban J connectivity index is 1.38. The number of ether oxygens (including phenoxy) is 5. The van der Waals surface area contributed by atoms with Crippen LogP contribution in [0.3, 0.4) is 0 Å². The lowest BCUT2D eigenvalue weighted by Gasteiger charge is -2.26. The summed E-state index contributed by atoms with van der Waals surface area (Å²) in [5, 5.41) is 0. The van der Waals surface area contributed by atoms with E-state index < -0.39 is 11.9 Å². The number of esters is 2. The highest BCUT2D eigenvalue weighted by molar-refractivity contribution is 6.15. The quantitative estimate of drug-likeness (QED) is 0.308. The van der Waals surface area contributed by atoms with Crippen LogP contribution in [-0.2, 0) is 9.53 Å². The van der Waals surface area contributed by atoms with E-state index in [0.29, 0.717) is 52.9 Å². The summed E-state index contributed by atoms with van der Waals surface area (Å²) in [6, 6.07) is 15.5. The van der Waals surface area contributed by atoms with Gasteiger partial charge >= 0.3 is 11.9 Å². The third-order valence-corrected chi connectivity index (χ3v) is 6.38. The van der Waals surface area contributed by atoms with Crippen LogP contribution in [0.25, 0.3) is 6.08 Å². The summed E-state index contributed by atoms with van der Waals surface area (Å²) in [6.07, 6.45) is 1.72. The van der Waals surface area contributed by atoms with Crippen LogP contribution in [-0.4, -0.2) is 38.0 Å². The van der Waals surface area contributed by atoms with Gasteiger partial charge in [0, 0.05) is 11.5 Å². The van der Waals surface area contributed by atoms with Gasteiger partial charge in [-0.1, -0.05) is 18.2 Å². The molecule has 3 aliphatic heterocycles. The number of rotatable bonds is 3. The molecule has 3 aliphatic rings. The van der Waals surface area contributed by atoms with Gasteiger partial charge in [-0.25, -0.2) is 4.79 Å². The van der Waals surface area contributed by atoms with Crippen molar-refractivity contribution in [2.24, 2.45) is 0 Å². The van der Waals surface area contributed by atoms with E-state index in [1.807, 2.05) is 6.07 Å². The van der Waals surface area contributed by atoms with Gasteiger partial charge in [-0.2, -0.15) is 0 Å². The molecule has 6 rings (SSSR count). The van der Waals surface area contributed by atoms with Crippen molar-refractivity contribution < 1.29 is 38.1 Å². The van der Waals surface area contributed by atoms with Crippen molar-refractivity contribution in [3.05, 3.63) is 88.2 Å². The Morgan fingerprint density at radius 2 is 1.67 bits per heavy atom. The highest BCUT2D eigenvalue weighted by Gasteiger charge is 2.38. The first kappa shape index (κ1) is 21.9. The van der Waals surface area contributed by atoms with Gasteiger partial charge in [-0.05, 0) is 53.6 Å². The van der Waals surface area contributed by atoms with Crippen molar-refractivity contribution in [1.82, 2.24) is 0 Å². The number of allylic oxidation sites excluding steroid dienone is 1. The van der Waals surface area contributed by atoms with E-state index in [4.69, 9.17) is 23.7 Å². The molecule has 0 saturated heterocycles. The lowest BCUT2D eigenvalue weighted by atomic mass is 9.84. The molecule has 3 aromatic carbocycles. The fraction of sp³-hybridized carbons (Fsp3) is 0.179. The SMILES string of the molecule is COC(=O)c1ccc(C2CC(=O)Oc3ccc4c(c32)O/C(=C\c2ccc3c(c2)OCCO3)C4=O)cc1. The Bertz CT molecular complexity index is 1450. The Kier molecular flexibility index (Phi) is 5.21. The van der Waals surface area contributed by atoms with Gasteiger partial charge in [0.05, 0.1) is 24.7 Å². The highest BCUT2D eigenvalue weighted by Crippen LogP contribution is 2.49. The molecule has 0 radical (unpaired) electrons. The van der Waals surface area contributed by atoms with E-state index >= 15 is 0 Å². The second-order valence-electron chi connectivity index (χ2n) is 8.54. The van der Waals surface area contributed by atoms with Gasteiger partial charge in [0.15, 0.2) is 17.3 Å². The van der Waals surface area contributed by atoms with Crippen LogP contribution < -0.4 is 18.9 Å². The average molecular weight is 484 g/mol. The van der Waals surface area contributed by atoms with E-state index in [1.54, 1.807) is 54.6 Å². The molecule has 0 saturated carbocycles. The van der Waals surface area contributed by atoms with Crippen molar-refractivity contribution in [3.8, 4) is 23.0 Å². The molecule has 0 bridgehead atoms. The summed E-state index contributed by atoms with van der Waals surface area (Å²) in [7, 11) is 1.32. The number of fused-ring (bicyclic) bond motifs is 4. The smallest absolute Gasteiger partial charge is 0.337 e. The Hall–Kier alpha value is -4.59. The molecule has 0 spiro atoms. The molecule has 0 N–H and O–H groups in total. The topological polar surface area (TPSA) is 97.4 Å². The van der Waals surface area contributed by atoms with Crippen molar-refractivity contribution in [3.63, 3.8) is 0 Å². The van der Waals surface area contributed by atoms with Crippen LogP contribution in [0.1, 0.15) is 49.7 Å². The predicted molar refractivity (Wildman–Crippen MR) is 127 cm³/mol. The summed E-state index contributed by atoms with van der Waals surface area (Å²) < 4.78 is 27.6. The number of carbonyl (C=O) groups excluding carboxylic acids is 3. The third kappa shape index (κ3) is 3.67. The highest BCUT2D eigenvalue weighted by atomic mass is 16.6. The van der Waals surface area contributed by atoms with E-state index in [9.17, 15) is 14.4 Å². The van der Waals surface area contributed by atoms with Gasteiger partial charge < -0.3 is 23.7 Å². The van der Waals surface area contributed by atoms with Gasteiger partial charge in [0.25, 0.3) is 0 Å². The minimum atomic E-state index is -0.450. The zero-order valence-corrected chi connectivity index (χ0v) is 19.2. The number of ketones is 1. The number of benzene rings is 3. The maximum atomic E-state index is 13.2. The van der Waals surface area contributed by atoms with Crippen LogP contribution in [0.15, 0.2) is 60.4 Å². The maximum Gasteiger partial charge on any atom is 0.337 e. The van der Waals surface area contributed by atoms with Crippen LogP contribution in [0.2, 0.25) is 0 Å². The molecule has 180 valence electrons. The molecule has 8 heteroatoms. The lowest BCUT2D eigenvalue weighted by Crippen LogP contribution is -2.21. The van der Waals surface area contributed by atoms with Gasteiger partial charge in [0.2, 0.25) is 5.78 Å². The zero-order chi connectivity index (χ0) is 24.8. The maximum absolute atomic E-state index is 13.2. The minimum Gasteiger partial charge on any atom is -0.486 e. The molecule has 0 aliphatic carbocycles. The van der Waals surface area contributed by atoms with Crippen molar-refractivity contribution >= 4 is 23.8 Å². The van der Waals surface area contributed by atoms with Crippen molar-refractivity contribution in [2.75, 3.05) is 20.3 Å². The van der Waals surface area contributed by atoms with Crippen LogP contribution in [0, 0.1) is 0 Å². The van der Waals surface area contributed by atoms with Crippen molar-refractivity contribution in [2.45, 2.75) is 12.3 Å². The fourth-order valence-corrected chi connectivity index (χ4v) is 4.66. The molecule has 1 atom stereocenters. The number of carbonyl (C=O) groups is 3. The monoisotopic (exact) mass is 484 g/mol. The molecular formula is C28H20O8. The lowest BCUT2D eigenvalue weighted by molar-refractivity contribution is -0.135. The van der Waals surface area contributed by atoms with E-state index in [-0.39, 0.29) is 23.9 Å². The Labute approximate surface area is 206 Å². The molecule has 1 unspecified atom stereocenters. The molecule has 8 nitrogen and oxygen atoms in total. The summed E-state index contributed by atoms with van der Waals surface area (Å²) in [6.45, 7) is 0.952. The molecule has 0 aromatic heterocycles. The predicted octanol–water partition coefficient (Wildman–Crippen LogP) is 4.30. The second kappa shape index (κ2) is 8.57. The molecule has 0 amide bonds. The first-order valence-electron chi connectivity index (χ1n) is 11.4. The molecule has 3 aromatic rings. The summed E-state index contributed by atoms with van der Waals surface area (Å²) >= 11 is 0. The summed E-state index contributed by atoms with van der Waals surface area (Å²) in [5.41, 5.74) is 2.93. The molecule has 0 fully saturated rings. The van der Waals surface area contributed by atoms with Crippen LogP contribution in [0.4, 0.5) is 0 Å². The second-order valence-corrected chi connectivity index (χ2v) is 8.54. The van der Waals surface area contributed by atoms with Crippen LogP contribution >= 0.6 is 0 Å². The van der Waals surface area contributed by atoms with E-state index in [0.717, 1.165) is 11.1 Å². The van der Waals surface area contributed by atoms with Crippen LogP contribution in [0.5, 0.6) is 23.0 Å². The molecule has 3 heterocycles. The standard InChI is InChI=1S/C28H20O8/c1-32-28(31)17-5-3-16(4-6-17)19-14-24(29)35-21-9-7-18-26(30)23(36-27(18)25(19)21)13-15-2-8-20-22(12-15)34-11-10-33-20/h2-9,12-13,19H,10-11,14H2,1H3/b23-13-. The first-order valence-corrected chi connectivity index (χ1v) is 11.4. The third-order valence-electron chi connectivity index (χ3n) is 6.38. The van der Waals surface area contributed by atoms with E-state index in [2.05, 4.69) is 0 Å². The zero-order valence-electron chi connectivity index (χ0n) is 19.2.